The maximum Gasteiger partial charge on any atom is 0.265 e. The van der Waals surface area contributed by atoms with E-state index in [0.29, 0.717) is 0 Å². The second kappa shape index (κ2) is 6.64. The fourth-order valence-corrected chi connectivity index (χ4v) is 2.06. The number of para-hydroxylation sites is 1. The first kappa shape index (κ1) is 15.4. The van der Waals surface area contributed by atoms with E-state index in [-0.39, 0.29) is 6.42 Å². The van der Waals surface area contributed by atoms with Gasteiger partial charge in [-0.15, -0.1) is 0 Å². The first-order chi connectivity index (χ1) is 9.99. The van der Waals surface area contributed by atoms with Crippen LogP contribution in [0.4, 0.5) is 8.78 Å². The van der Waals surface area contributed by atoms with Crippen LogP contribution in [0.2, 0.25) is 0 Å². The van der Waals surface area contributed by atoms with Crippen molar-refractivity contribution in [2.45, 2.75) is 25.0 Å². The number of carbonyl (C=O) groups excluding carboxylic acids is 1. The van der Waals surface area contributed by atoms with Gasteiger partial charge in [0.25, 0.3) is 6.43 Å². The Hall–Kier alpha value is -1.99. The maximum absolute atomic E-state index is 12.1. The highest BCUT2D eigenvalue weighted by Crippen LogP contribution is 2.18. The summed E-state index contributed by atoms with van der Waals surface area (Å²) in [6.45, 7) is -0.516. The van der Waals surface area contributed by atoms with E-state index in [4.69, 9.17) is 10.8 Å². The third-order valence-electron chi connectivity index (χ3n) is 3.23. The number of carbonyl (C=O) groups is 1. The van der Waals surface area contributed by atoms with Gasteiger partial charge in [-0.3, -0.25) is 4.79 Å². The third kappa shape index (κ3) is 3.77. The lowest BCUT2D eigenvalue weighted by atomic mass is 10.1. The molecule has 2 rings (SSSR count). The number of alkyl halides is 2. The average molecular weight is 297 g/mol. The van der Waals surface area contributed by atoms with E-state index in [0.717, 1.165) is 16.5 Å². The van der Waals surface area contributed by atoms with Gasteiger partial charge in [0.2, 0.25) is 5.91 Å². The highest BCUT2D eigenvalue weighted by atomic mass is 19.3. The van der Waals surface area contributed by atoms with Gasteiger partial charge in [0.05, 0.1) is 6.04 Å². The molecule has 0 aliphatic heterocycles. The van der Waals surface area contributed by atoms with Crippen molar-refractivity contribution in [1.29, 1.82) is 0 Å². The van der Waals surface area contributed by atoms with Crippen LogP contribution in [-0.4, -0.2) is 41.1 Å². The number of rotatable bonds is 6. The van der Waals surface area contributed by atoms with E-state index in [2.05, 4.69) is 10.3 Å². The number of benzene rings is 1. The highest BCUT2D eigenvalue weighted by molar-refractivity contribution is 5.86. The second-order valence-corrected chi connectivity index (χ2v) is 4.82. The molecule has 0 radical (unpaired) electrons. The van der Waals surface area contributed by atoms with Crippen LogP contribution >= 0.6 is 0 Å². The molecule has 1 heterocycles. The number of hydrogen-bond acceptors (Lipinski definition) is 3. The fraction of sp³-hybridized carbons (Fsp3) is 0.357. The molecule has 0 spiro atoms. The van der Waals surface area contributed by atoms with Crippen LogP contribution in [0, 0.1) is 0 Å². The number of nitrogens with two attached hydrogens (primary N) is 1. The lowest BCUT2D eigenvalue weighted by Crippen LogP contribution is -2.45. The molecule has 7 heteroatoms. The van der Waals surface area contributed by atoms with Gasteiger partial charge < -0.3 is 21.1 Å². The minimum absolute atomic E-state index is 0.278. The molecule has 1 amide bonds. The van der Waals surface area contributed by atoms with Crippen molar-refractivity contribution in [3.63, 3.8) is 0 Å². The molecule has 0 saturated heterocycles. The summed E-state index contributed by atoms with van der Waals surface area (Å²) < 4.78 is 24.2. The van der Waals surface area contributed by atoms with Crippen molar-refractivity contribution in [2.24, 2.45) is 5.73 Å². The monoisotopic (exact) mass is 297 g/mol. The van der Waals surface area contributed by atoms with Gasteiger partial charge in [-0.25, -0.2) is 8.78 Å². The molecular formula is C14H17F2N3O2. The summed E-state index contributed by atoms with van der Waals surface area (Å²) in [6, 6.07) is 6.72. The normalized spacial score (nSPS) is 14.3. The highest BCUT2D eigenvalue weighted by Gasteiger charge is 2.20. The Labute approximate surface area is 120 Å². The summed E-state index contributed by atoms with van der Waals surface area (Å²) in [6.07, 6.45) is -2.73. The van der Waals surface area contributed by atoms with Gasteiger partial charge in [-0.2, -0.15) is 0 Å². The van der Waals surface area contributed by atoms with Crippen LogP contribution < -0.4 is 11.1 Å². The summed E-state index contributed by atoms with van der Waals surface area (Å²) in [5.74, 6) is -0.569. The number of aliphatic hydroxyl groups excluding tert-OH is 1. The summed E-state index contributed by atoms with van der Waals surface area (Å²) >= 11 is 0. The fourth-order valence-electron chi connectivity index (χ4n) is 2.06. The van der Waals surface area contributed by atoms with E-state index in [1.807, 2.05) is 24.3 Å². The van der Waals surface area contributed by atoms with Crippen LogP contribution in [0.5, 0.6) is 0 Å². The molecule has 1 aromatic carbocycles. The Bertz CT molecular complexity index is 615. The summed E-state index contributed by atoms with van der Waals surface area (Å²) in [5, 5.41) is 12.1. The predicted molar refractivity (Wildman–Crippen MR) is 75.0 cm³/mol. The Morgan fingerprint density at radius 2 is 2.10 bits per heavy atom. The standard InChI is InChI=1S/C14H17F2N3O2/c15-13(16)12(20)7-19-14(21)10(17)5-8-6-18-11-4-2-1-3-9(8)11/h1-4,6,10,12-13,18,20H,5,7,17H2,(H,19,21)/t10-,12?/m0/s1. The molecular weight excluding hydrogens is 280 g/mol. The van der Waals surface area contributed by atoms with Gasteiger partial charge in [-0.05, 0) is 18.1 Å². The first-order valence-electron chi connectivity index (χ1n) is 6.53. The number of H-pyrrole nitrogens is 1. The molecule has 1 unspecified atom stereocenters. The van der Waals surface area contributed by atoms with Crippen molar-refractivity contribution < 1.29 is 18.7 Å². The summed E-state index contributed by atoms with van der Waals surface area (Å²) in [7, 11) is 0. The van der Waals surface area contributed by atoms with Crippen molar-refractivity contribution in [3.05, 3.63) is 36.0 Å². The Kier molecular flexibility index (Phi) is 4.87. The Morgan fingerprint density at radius 3 is 2.81 bits per heavy atom. The van der Waals surface area contributed by atoms with Crippen molar-refractivity contribution in [1.82, 2.24) is 10.3 Å². The maximum atomic E-state index is 12.1. The molecule has 5 N–H and O–H groups in total. The molecule has 2 aromatic rings. The second-order valence-electron chi connectivity index (χ2n) is 4.82. The number of nitrogens with one attached hydrogen (secondary N) is 2. The average Bonchev–Trinajstić information content (AvgIpc) is 2.87. The molecule has 0 fully saturated rings. The molecule has 1 aromatic heterocycles. The van der Waals surface area contributed by atoms with Gasteiger partial charge in [0.1, 0.15) is 6.10 Å². The largest absolute Gasteiger partial charge is 0.385 e. The lowest BCUT2D eigenvalue weighted by Gasteiger charge is -2.14. The number of aromatic nitrogens is 1. The van der Waals surface area contributed by atoms with Crippen LogP contribution in [0.1, 0.15) is 5.56 Å². The van der Waals surface area contributed by atoms with Gasteiger partial charge in [0, 0.05) is 23.6 Å². The number of fused-ring (bicyclic) bond motifs is 1. The van der Waals surface area contributed by atoms with Gasteiger partial charge in [0.15, 0.2) is 0 Å². The van der Waals surface area contributed by atoms with E-state index in [1.165, 1.54) is 0 Å². The van der Waals surface area contributed by atoms with E-state index < -0.39 is 31.0 Å². The van der Waals surface area contributed by atoms with E-state index in [9.17, 15) is 13.6 Å². The van der Waals surface area contributed by atoms with Crippen molar-refractivity contribution >= 4 is 16.8 Å². The van der Waals surface area contributed by atoms with Crippen molar-refractivity contribution in [3.8, 4) is 0 Å². The molecule has 21 heavy (non-hydrogen) atoms. The molecule has 2 atom stereocenters. The minimum Gasteiger partial charge on any atom is -0.385 e. The smallest absolute Gasteiger partial charge is 0.265 e. The molecule has 0 bridgehead atoms. The molecule has 0 saturated carbocycles. The summed E-state index contributed by atoms with van der Waals surface area (Å²) in [4.78, 5) is 14.8. The van der Waals surface area contributed by atoms with Crippen molar-refractivity contribution in [2.75, 3.05) is 6.54 Å². The predicted octanol–water partition coefficient (Wildman–Crippen LogP) is 0.780. The van der Waals surface area contributed by atoms with Crippen LogP contribution in [0.15, 0.2) is 30.5 Å². The SMILES string of the molecule is N[C@@H](Cc1c[nH]c2ccccc12)C(=O)NCC(O)C(F)F. The van der Waals surface area contributed by atoms with Gasteiger partial charge >= 0.3 is 0 Å². The Balaban J connectivity index is 1.94. The molecule has 5 nitrogen and oxygen atoms in total. The van der Waals surface area contributed by atoms with E-state index >= 15 is 0 Å². The van der Waals surface area contributed by atoms with E-state index in [1.54, 1.807) is 6.20 Å². The van der Waals surface area contributed by atoms with Crippen LogP contribution in [-0.2, 0) is 11.2 Å². The quantitative estimate of drug-likeness (QED) is 0.635. The topological polar surface area (TPSA) is 91.1 Å². The molecule has 114 valence electrons. The minimum atomic E-state index is -2.89. The zero-order valence-electron chi connectivity index (χ0n) is 11.2. The summed E-state index contributed by atoms with van der Waals surface area (Å²) in [5.41, 5.74) is 7.58. The lowest BCUT2D eigenvalue weighted by molar-refractivity contribution is -0.123. The van der Waals surface area contributed by atoms with Crippen LogP contribution in [0.25, 0.3) is 10.9 Å². The number of hydrogen-bond donors (Lipinski definition) is 4. The number of aromatic amines is 1. The van der Waals surface area contributed by atoms with Crippen LogP contribution in [0.3, 0.4) is 0 Å². The number of aliphatic hydroxyl groups is 1. The number of halogens is 2. The third-order valence-corrected chi connectivity index (χ3v) is 3.23. The number of amides is 1. The Morgan fingerprint density at radius 1 is 1.38 bits per heavy atom. The van der Waals surface area contributed by atoms with Gasteiger partial charge in [-0.1, -0.05) is 18.2 Å². The molecule has 0 aliphatic carbocycles. The zero-order valence-corrected chi connectivity index (χ0v) is 11.2. The zero-order chi connectivity index (χ0) is 15.4. The molecule has 0 aliphatic rings. The first-order valence-corrected chi connectivity index (χ1v) is 6.53.